The number of methoxy groups -OCH3 is 2. The van der Waals surface area contributed by atoms with Crippen molar-refractivity contribution < 1.29 is 36.2 Å². The Morgan fingerprint density at radius 2 is 1.43 bits per heavy atom. The number of alkyl halides is 5. The summed E-state index contributed by atoms with van der Waals surface area (Å²) in [6, 6.07) is 7.35. The summed E-state index contributed by atoms with van der Waals surface area (Å²) < 4.78 is 91.9. The summed E-state index contributed by atoms with van der Waals surface area (Å²) in [5.74, 6) is -12.8. The van der Waals surface area contributed by atoms with Crippen LogP contribution in [0.5, 0.6) is 0 Å². The molecule has 0 radical (unpaired) electrons. The van der Waals surface area contributed by atoms with Crippen LogP contribution < -0.4 is 0 Å². The Morgan fingerprint density at radius 3 is 1.90 bits per heavy atom. The van der Waals surface area contributed by atoms with Gasteiger partial charge >= 0.3 is 17.8 Å². The van der Waals surface area contributed by atoms with E-state index in [9.17, 15) is 8.78 Å². The Labute approximate surface area is 175 Å². The molecule has 0 spiro atoms. The van der Waals surface area contributed by atoms with Crippen LogP contribution in [0.1, 0.15) is 58.4 Å². The van der Waals surface area contributed by atoms with Crippen molar-refractivity contribution in [3.8, 4) is 0 Å². The van der Waals surface area contributed by atoms with Gasteiger partial charge in [0, 0.05) is 27.1 Å². The molecule has 0 aromatic heterocycles. The fraction of sp³-hybridized carbons (Fsp3) is 0.727. The van der Waals surface area contributed by atoms with Crippen molar-refractivity contribution in [1.29, 1.82) is 0 Å². The predicted molar refractivity (Wildman–Crippen MR) is 106 cm³/mol. The van der Waals surface area contributed by atoms with Gasteiger partial charge in [-0.05, 0) is 25.8 Å². The molecule has 174 valence electrons. The lowest BCUT2D eigenvalue weighted by Crippen LogP contribution is -2.71. The second kappa shape index (κ2) is 10.9. The number of benzene rings is 1. The van der Waals surface area contributed by atoms with E-state index in [0.29, 0.717) is 12.8 Å². The molecule has 0 saturated heterocycles. The van der Waals surface area contributed by atoms with E-state index >= 15 is 13.2 Å². The molecule has 1 aromatic rings. The highest BCUT2D eigenvalue weighted by Gasteiger charge is 2.78. The monoisotopic (exact) mass is 440 g/mol. The molecule has 0 amide bonds. The van der Waals surface area contributed by atoms with Crippen LogP contribution >= 0.6 is 0 Å². The highest BCUT2D eigenvalue weighted by atomic mass is 19.3. The lowest BCUT2D eigenvalue weighted by molar-refractivity contribution is -0.463. The summed E-state index contributed by atoms with van der Waals surface area (Å²) in [6.07, 6.45) is -1.53. The number of unbranched alkanes of at least 4 members (excludes halogenated alkanes) is 3. The van der Waals surface area contributed by atoms with Crippen LogP contribution in [0, 0.1) is 0 Å². The van der Waals surface area contributed by atoms with Crippen molar-refractivity contribution in [2.45, 2.75) is 88.9 Å². The van der Waals surface area contributed by atoms with E-state index < -0.39 is 42.4 Å². The number of hydrogen-bond donors (Lipinski definition) is 0. The highest BCUT2D eigenvalue weighted by Crippen LogP contribution is 2.54. The first-order chi connectivity index (χ1) is 13.9. The van der Waals surface area contributed by atoms with Gasteiger partial charge in [-0.15, -0.1) is 0 Å². The topological polar surface area (TPSA) is 27.7 Å². The van der Waals surface area contributed by atoms with E-state index in [0.717, 1.165) is 20.6 Å². The molecule has 0 bridgehead atoms. The average molecular weight is 440 g/mol. The standard InChI is InChI=1S/C22H33F5O3/c1-6-7-8-12-15-20(24,25)21(26,27)19(23,16-18-13-10-9-11-14-18)22(28-4,29-5)30-17(2)3/h9-11,13-14,17H,6-8,12,15-16H2,1-5H3. The summed E-state index contributed by atoms with van der Waals surface area (Å²) in [7, 11) is 1.78. The first-order valence-electron chi connectivity index (χ1n) is 10.2. The molecule has 30 heavy (non-hydrogen) atoms. The summed E-state index contributed by atoms with van der Waals surface area (Å²) in [6.45, 7) is 4.75. The van der Waals surface area contributed by atoms with Crippen LogP contribution in [0.25, 0.3) is 0 Å². The molecule has 1 atom stereocenters. The van der Waals surface area contributed by atoms with E-state index in [1.54, 1.807) is 6.07 Å². The van der Waals surface area contributed by atoms with Gasteiger partial charge in [0.15, 0.2) is 0 Å². The molecule has 1 unspecified atom stereocenters. The fourth-order valence-electron chi connectivity index (χ4n) is 3.42. The van der Waals surface area contributed by atoms with Crippen molar-refractivity contribution in [2.24, 2.45) is 0 Å². The zero-order valence-electron chi connectivity index (χ0n) is 18.3. The molecule has 0 aliphatic rings. The maximum absolute atomic E-state index is 16.4. The highest BCUT2D eigenvalue weighted by molar-refractivity contribution is 5.21. The van der Waals surface area contributed by atoms with Crippen molar-refractivity contribution in [2.75, 3.05) is 14.2 Å². The zero-order chi connectivity index (χ0) is 23.1. The van der Waals surface area contributed by atoms with Gasteiger partial charge in [-0.25, -0.2) is 4.39 Å². The molecule has 0 aliphatic heterocycles. The van der Waals surface area contributed by atoms with Gasteiger partial charge in [-0.1, -0.05) is 56.5 Å². The molecule has 1 rings (SSSR count). The van der Waals surface area contributed by atoms with Crippen LogP contribution in [0.15, 0.2) is 30.3 Å². The Balaban J connectivity index is 3.49. The maximum Gasteiger partial charge on any atom is 0.351 e. The van der Waals surface area contributed by atoms with E-state index in [-0.39, 0.29) is 12.0 Å². The number of halogens is 5. The first kappa shape index (κ1) is 26.8. The lowest BCUT2D eigenvalue weighted by Gasteiger charge is -2.48. The van der Waals surface area contributed by atoms with Gasteiger partial charge in [0.05, 0.1) is 6.10 Å². The normalized spacial score (nSPS) is 15.4. The van der Waals surface area contributed by atoms with E-state index in [1.165, 1.54) is 38.1 Å². The summed E-state index contributed by atoms with van der Waals surface area (Å²) in [4.78, 5) is 0. The second-order valence-electron chi connectivity index (χ2n) is 7.68. The first-order valence-corrected chi connectivity index (χ1v) is 10.2. The van der Waals surface area contributed by atoms with Gasteiger partial charge in [-0.2, -0.15) is 17.6 Å². The quantitative estimate of drug-likeness (QED) is 0.187. The maximum atomic E-state index is 16.4. The van der Waals surface area contributed by atoms with Crippen molar-refractivity contribution in [3.05, 3.63) is 35.9 Å². The zero-order valence-corrected chi connectivity index (χ0v) is 18.3. The number of hydrogen-bond acceptors (Lipinski definition) is 3. The molecule has 0 N–H and O–H groups in total. The Morgan fingerprint density at radius 1 is 0.867 bits per heavy atom. The summed E-state index contributed by atoms with van der Waals surface area (Å²) >= 11 is 0. The van der Waals surface area contributed by atoms with E-state index in [4.69, 9.17) is 14.2 Å². The average Bonchev–Trinajstić information content (AvgIpc) is 2.69. The molecule has 3 nitrogen and oxygen atoms in total. The molecule has 1 aromatic carbocycles. The summed E-state index contributed by atoms with van der Waals surface area (Å²) in [5.41, 5.74) is -3.95. The van der Waals surface area contributed by atoms with Gasteiger partial charge < -0.3 is 14.2 Å². The molecule has 0 fully saturated rings. The van der Waals surface area contributed by atoms with E-state index in [1.807, 2.05) is 6.92 Å². The SMILES string of the molecule is CCCCCCC(F)(F)C(F)(F)C(F)(Cc1ccccc1)C(OC)(OC)OC(C)C. The molecular formula is C22H33F5O3. The van der Waals surface area contributed by atoms with Crippen LogP contribution in [0.2, 0.25) is 0 Å². The van der Waals surface area contributed by atoms with Crippen LogP contribution in [-0.4, -0.2) is 43.8 Å². The molecular weight excluding hydrogens is 407 g/mol. The van der Waals surface area contributed by atoms with Gasteiger partial charge in [0.1, 0.15) is 0 Å². The summed E-state index contributed by atoms with van der Waals surface area (Å²) in [5, 5.41) is 0. The smallest absolute Gasteiger partial charge is 0.328 e. The minimum absolute atomic E-state index is 0.0762. The van der Waals surface area contributed by atoms with Crippen LogP contribution in [0.4, 0.5) is 22.0 Å². The Kier molecular flexibility index (Phi) is 9.70. The molecule has 8 heteroatoms. The van der Waals surface area contributed by atoms with Crippen molar-refractivity contribution in [1.82, 2.24) is 0 Å². The molecule has 0 aliphatic carbocycles. The van der Waals surface area contributed by atoms with Gasteiger partial charge in [0.2, 0.25) is 0 Å². The van der Waals surface area contributed by atoms with E-state index in [2.05, 4.69) is 0 Å². The second-order valence-corrected chi connectivity index (χ2v) is 7.68. The molecule has 0 heterocycles. The Hall–Kier alpha value is -1.25. The van der Waals surface area contributed by atoms with Crippen LogP contribution in [0.3, 0.4) is 0 Å². The minimum Gasteiger partial charge on any atom is -0.328 e. The third kappa shape index (κ3) is 5.51. The largest absolute Gasteiger partial charge is 0.351 e. The lowest BCUT2D eigenvalue weighted by atomic mass is 9.82. The van der Waals surface area contributed by atoms with Gasteiger partial charge in [-0.3, -0.25) is 0 Å². The number of ether oxygens (including phenoxy) is 3. The minimum atomic E-state index is -5.15. The van der Waals surface area contributed by atoms with Gasteiger partial charge in [0.25, 0.3) is 5.67 Å². The molecule has 0 saturated carbocycles. The number of rotatable bonds is 14. The third-order valence-corrected chi connectivity index (χ3v) is 5.01. The fourth-order valence-corrected chi connectivity index (χ4v) is 3.42. The predicted octanol–water partition coefficient (Wildman–Crippen LogP) is 6.55. The third-order valence-electron chi connectivity index (χ3n) is 5.01. The van der Waals surface area contributed by atoms with Crippen molar-refractivity contribution in [3.63, 3.8) is 0 Å². The van der Waals surface area contributed by atoms with Crippen molar-refractivity contribution >= 4 is 0 Å². The Bertz CT molecular complexity index is 620. The van der Waals surface area contributed by atoms with Crippen LogP contribution in [-0.2, 0) is 20.6 Å².